The predicted octanol–water partition coefficient (Wildman–Crippen LogP) is 0.0992. The molecule has 0 aromatic carbocycles. The quantitative estimate of drug-likeness (QED) is 0.406. The van der Waals surface area contributed by atoms with Crippen LogP contribution >= 0.6 is 11.8 Å². The van der Waals surface area contributed by atoms with E-state index in [1.807, 2.05) is 6.92 Å². The lowest BCUT2D eigenvalue weighted by molar-refractivity contribution is -0.153. The maximum absolute atomic E-state index is 11.9. The van der Waals surface area contributed by atoms with Crippen molar-refractivity contribution in [1.82, 2.24) is 4.90 Å². The summed E-state index contributed by atoms with van der Waals surface area (Å²) in [5, 5.41) is -0.0546. The summed E-state index contributed by atoms with van der Waals surface area (Å²) in [5.74, 6) is 2.19. The molecule has 94 valence electrons. The zero-order valence-electron chi connectivity index (χ0n) is 9.84. The van der Waals surface area contributed by atoms with E-state index in [0.717, 1.165) is 0 Å². The van der Waals surface area contributed by atoms with Crippen molar-refractivity contribution in [2.75, 3.05) is 26.1 Å². The molecule has 0 aromatic heterocycles. The number of hydrogen-bond donors (Lipinski definition) is 0. The van der Waals surface area contributed by atoms with Gasteiger partial charge in [-0.05, 0) is 6.92 Å². The first-order chi connectivity index (χ1) is 8.11. The molecule has 2 atom stereocenters. The van der Waals surface area contributed by atoms with Crippen LogP contribution in [0.4, 0.5) is 0 Å². The molecule has 0 aromatic rings. The molecule has 6 heteroatoms. The first-order valence-electron chi connectivity index (χ1n) is 5.13. The van der Waals surface area contributed by atoms with Crippen LogP contribution in [-0.4, -0.2) is 54.3 Å². The van der Waals surface area contributed by atoms with Crippen LogP contribution in [0.25, 0.3) is 0 Å². The van der Waals surface area contributed by atoms with E-state index in [9.17, 15) is 9.59 Å². The summed E-state index contributed by atoms with van der Waals surface area (Å²) >= 11 is 1.53. The van der Waals surface area contributed by atoms with Gasteiger partial charge in [-0.2, -0.15) is 0 Å². The predicted molar refractivity (Wildman–Crippen MR) is 64.2 cm³/mol. The third kappa shape index (κ3) is 3.38. The van der Waals surface area contributed by atoms with Crippen molar-refractivity contribution < 1.29 is 19.1 Å². The topological polar surface area (TPSA) is 55.8 Å². The number of nitrogens with zero attached hydrogens (tertiary/aromatic N) is 1. The Morgan fingerprint density at radius 3 is 2.88 bits per heavy atom. The van der Waals surface area contributed by atoms with Gasteiger partial charge >= 0.3 is 5.97 Å². The number of methoxy groups -OCH3 is 1. The molecular weight excluding hydrogens is 242 g/mol. The minimum absolute atomic E-state index is 0.0546. The molecule has 1 aliphatic rings. The van der Waals surface area contributed by atoms with Gasteiger partial charge in [-0.25, -0.2) is 4.79 Å². The van der Waals surface area contributed by atoms with Gasteiger partial charge in [0.05, 0.1) is 12.5 Å². The fourth-order valence-corrected chi connectivity index (χ4v) is 2.79. The van der Waals surface area contributed by atoms with Crippen LogP contribution < -0.4 is 0 Å². The Morgan fingerprint density at radius 1 is 1.59 bits per heavy atom. The second-order valence-corrected chi connectivity index (χ2v) is 4.82. The second kappa shape index (κ2) is 6.52. The lowest BCUT2D eigenvalue weighted by Crippen LogP contribution is -2.46. The van der Waals surface area contributed by atoms with Crippen molar-refractivity contribution in [2.24, 2.45) is 0 Å². The summed E-state index contributed by atoms with van der Waals surface area (Å²) in [7, 11) is 1.31. The first-order valence-corrected chi connectivity index (χ1v) is 6.18. The van der Waals surface area contributed by atoms with E-state index in [2.05, 4.69) is 10.7 Å². The van der Waals surface area contributed by atoms with Crippen LogP contribution in [0.5, 0.6) is 0 Å². The first kappa shape index (κ1) is 13.9. The highest BCUT2D eigenvalue weighted by Crippen LogP contribution is 2.29. The minimum Gasteiger partial charge on any atom is -0.467 e. The molecule has 5 nitrogen and oxygen atoms in total. The van der Waals surface area contributed by atoms with Crippen LogP contribution in [0.15, 0.2) is 0 Å². The van der Waals surface area contributed by atoms with Gasteiger partial charge in [-0.1, -0.05) is 5.92 Å². The van der Waals surface area contributed by atoms with Gasteiger partial charge in [0.25, 0.3) is 0 Å². The Kier molecular flexibility index (Phi) is 5.32. The van der Waals surface area contributed by atoms with Crippen molar-refractivity contribution in [3.63, 3.8) is 0 Å². The SMILES string of the molecule is C#CCOCC(=O)N1[C@@H](C)SC[C@H]1C(=O)OC. The van der Waals surface area contributed by atoms with Crippen molar-refractivity contribution in [2.45, 2.75) is 18.3 Å². The fraction of sp³-hybridized carbons (Fsp3) is 0.636. The van der Waals surface area contributed by atoms with Gasteiger partial charge in [-0.3, -0.25) is 4.79 Å². The minimum atomic E-state index is -0.526. The number of carbonyl (C=O) groups is 2. The highest BCUT2D eigenvalue weighted by molar-refractivity contribution is 8.00. The number of rotatable bonds is 4. The zero-order chi connectivity index (χ0) is 12.8. The molecule has 0 N–H and O–H groups in total. The highest BCUT2D eigenvalue weighted by Gasteiger charge is 2.39. The van der Waals surface area contributed by atoms with Crippen LogP contribution in [0.2, 0.25) is 0 Å². The summed E-state index contributed by atoms with van der Waals surface area (Å²) in [5.41, 5.74) is 0. The molecule has 1 rings (SSSR count). The molecule has 1 heterocycles. The summed E-state index contributed by atoms with van der Waals surface area (Å²) in [4.78, 5) is 24.9. The average Bonchev–Trinajstić information content (AvgIpc) is 2.70. The normalized spacial score (nSPS) is 23.2. The Bertz CT molecular complexity index is 339. The second-order valence-electron chi connectivity index (χ2n) is 3.47. The molecule has 1 saturated heterocycles. The smallest absolute Gasteiger partial charge is 0.329 e. The highest BCUT2D eigenvalue weighted by atomic mass is 32.2. The molecule has 0 radical (unpaired) electrons. The summed E-state index contributed by atoms with van der Waals surface area (Å²) in [6.45, 7) is 1.85. The average molecular weight is 257 g/mol. The molecule has 0 aliphatic carbocycles. The van der Waals surface area contributed by atoms with Crippen molar-refractivity contribution >= 4 is 23.6 Å². The monoisotopic (exact) mass is 257 g/mol. The standard InChI is InChI=1S/C11H15NO4S/c1-4-5-16-6-10(13)12-8(2)17-7-9(12)11(14)15-3/h1,8-9H,5-7H2,2-3H3/t8-,9+/m1/s1. The molecule has 0 unspecified atom stereocenters. The van der Waals surface area contributed by atoms with E-state index in [1.54, 1.807) is 0 Å². The van der Waals surface area contributed by atoms with E-state index in [0.29, 0.717) is 5.75 Å². The number of ether oxygens (including phenoxy) is 2. The van der Waals surface area contributed by atoms with Gasteiger partial charge in [-0.15, -0.1) is 18.2 Å². The number of hydrogen-bond acceptors (Lipinski definition) is 5. The number of amides is 1. The Morgan fingerprint density at radius 2 is 2.29 bits per heavy atom. The van der Waals surface area contributed by atoms with Gasteiger partial charge in [0.2, 0.25) is 5.91 Å². The van der Waals surface area contributed by atoms with Gasteiger partial charge in [0.15, 0.2) is 0 Å². The van der Waals surface area contributed by atoms with Crippen molar-refractivity contribution in [1.29, 1.82) is 0 Å². The molecule has 1 fully saturated rings. The maximum Gasteiger partial charge on any atom is 0.329 e. The summed E-state index contributed by atoms with van der Waals surface area (Å²) in [6, 6.07) is -0.526. The molecule has 0 spiro atoms. The largest absolute Gasteiger partial charge is 0.467 e. The molecule has 0 saturated carbocycles. The Hall–Kier alpha value is -1.19. The zero-order valence-corrected chi connectivity index (χ0v) is 10.7. The molecule has 1 amide bonds. The van der Waals surface area contributed by atoms with Gasteiger partial charge in [0, 0.05) is 5.75 Å². The number of esters is 1. The third-order valence-corrected chi connectivity index (χ3v) is 3.61. The van der Waals surface area contributed by atoms with E-state index in [-0.39, 0.29) is 24.5 Å². The fourth-order valence-electron chi connectivity index (χ4n) is 1.61. The number of thioether (sulfide) groups is 1. The van der Waals surface area contributed by atoms with E-state index < -0.39 is 12.0 Å². The Balaban J connectivity index is 2.61. The third-order valence-electron chi connectivity index (χ3n) is 2.39. The van der Waals surface area contributed by atoms with Crippen LogP contribution in [0.1, 0.15) is 6.92 Å². The van der Waals surface area contributed by atoms with Crippen LogP contribution in [0.3, 0.4) is 0 Å². The lowest BCUT2D eigenvalue weighted by Gasteiger charge is -2.25. The molecule has 0 bridgehead atoms. The van der Waals surface area contributed by atoms with Crippen molar-refractivity contribution in [3.05, 3.63) is 0 Å². The van der Waals surface area contributed by atoms with E-state index in [4.69, 9.17) is 11.2 Å². The maximum atomic E-state index is 11.9. The number of carbonyl (C=O) groups excluding carboxylic acids is 2. The molecule has 1 aliphatic heterocycles. The molecule has 17 heavy (non-hydrogen) atoms. The summed E-state index contributed by atoms with van der Waals surface area (Å²) < 4.78 is 9.65. The van der Waals surface area contributed by atoms with Gasteiger partial charge < -0.3 is 14.4 Å². The van der Waals surface area contributed by atoms with Crippen molar-refractivity contribution in [3.8, 4) is 12.3 Å². The Labute approximate surface area is 105 Å². The van der Waals surface area contributed by atoms with E-state index >= 15 is 0 Å². The van der Waals surface area contributed by atoms with Crippen LogP contribution in [-0.2, 0) is 19.1 Å². The lowest BCUT2D eigenvalue weighted by atomic mass is 10.3. The summed E-state index contributed by atoms with van der Waals surface area (Å²) in [6.07, 6.45) is 5.01. The van der Waals surface area contributed by atoms with E-state index in [1.165, 1.54) is 23.8 Å². The van der Waals surface area contributed by atoms with Gasteiger partial charge in [0.1, 0.15) is 19.3 Å². The number of terminal acetylenes is 1. The van der Waals surface area contributed by atoms with Crippen LogP contribution in [0, 0.1) is 12.3 Å². The molecular formula is C11H15NO4S.